The molecule has 0 saturated heterocycles. The van der Waals surface area contributed by atoms with Gasteiger partial charge in [0.25, 0.3) is 0 Å². The van der Waals surface area contributed by atoms with Gasteiger partial charge in [0, 0.05) is 18.5 Å². The molecule has 0 aliphatic carbocycles. The largest absolute Gasteiger partial charge is 0.347 e. The molecular formula is C20H18F3N5O2S. The van der Waals surface area contributed by atoms with E-state index in [1.165, 1.54) is 0 Å². The second-order valence-electron chi connectivity index (χ2n) is 6.67. The monoisotopic (exact) mass is 449 g/mol. The van der Waals surface area contributed by atoms with Crippen molar-refractivity contribution in [3.63, 3.8) is 0 Å². The van der Waals surface area contributed by atoms with Crippen LogP contribution in [0.4, 0.5) is 18.9 Å². The zero-order valence-corrected chi connectivity index (χ0v) is 17.2. The third-order valence-corrected chi connectivity index (χ3v) is 4.66. The Bertz CT molecular complexity index is 1190. The van der Waals surface area contributed by atoms with E-state index in [-0.39, 0.29) is 13.0 Å². The number of nitrogens with one attached hydrogen (secondary N) is 3. The molecule has 0 atom stereocenters. The standard InChI is InChI=1S/C20H18F3N5O2S/c1-11-3-2-4-12(9-11)19-26-27-20(31)28(19)8-7-15(29)24-10-16(30)25-14-6-5-13(21)17(22)18(14)23/h2-6,9H,7-8,10H2,1H3,(H,24,29)(H,25,30)(H,27,31). The number of H-pyrrole nitrogens is 1. The molecule has 3 aromatic rings. The van der Waals surface area contributed by atoms with Crippen LogP contribution in [0.5, 0.6) is 0 Å². The van der Waals surface area contributed by atoms with Crippen molar-refractivity contribution in [2.45, 2.75) is 19.9 Å². The first-order valence-electron chi connectivity index (χ1n) is 9.18. The van der Waals surface area contributed by atoms with E-state index in [0.717, 1.165) is 17.2 Å². The van der Waals surface area contributed by atoms with E-state index in [1.807, 2.05) is 31.2 Å². The SMILES string of the molecule is Cc1cccc(-c2n[nH]c(=S)n2CCC(=O)NCC(=O)Nc2ccc(F)c(F)c2F)c1. The second-order valence-corrected chi connectivity index (χ2v) is 7.06. The van der Waals surface area contributed by atoms with Crippen molar-refractivity contribution in [1.29, 1.82) is 0 Å². The average molecular weight is 449 g/mol. The maximum Gasteiger partial charge on any atom is 0.243 e. The first kappa shape index (κ1) is 22.2. The number of hydrogen-bond acceptors (Lipinski definition) is 4. The Morgan fingerprint density at radius 3 is 2.65 bits per heavy atom. The second kappa shape index (κ2) is 9.56. The number of aryl methyl sites for hydroxylation is 1. The number of carbonyl (C=O) groups is 2. The Morgan fingerprint density at radius 1 is 1.13 bits per heavy atom. The molecule has 3 N–H and O–H groups in total. The smallest absolute Gasteiger partial charge is 0.243 e. The van der Waals surface area contributed by atoms with Gasteiger partial charge in [0.2, 0.25) is 11.8 Å². The number of carbonyl (C=O) groups excluding carboxylic acids is 2. The van der Waals surface area contributed by atoms with Gasteiger partial charge in [0.15, 0.2) is 28.0 Å². The van der Waals surface area contributed by atoms with Gasteiger partial charge in [0.05, 0.1) is 12.2 Å². The zero-order chi connectivity index (χ0) is 22.5. The van der Waals surface area contributed by atoms with Crippen molar-refractivity contribution in [2.75, 3.05) is 11.9 Å². The molecule has 7 nitrogen and oxygen atoms in total. The molecule has 3 rings (SSSR count). The van der Waals surface area contributed by atoms with Crippen molar-refractivity contribution in [1.82, 2.24) is 20.1 Å². The lowest BCUT2D eigenvalue weighted by Crippen LogP contribution is -2.33. The summed E-state index contributed by atoms with van der Waals surface area (Å²) in [7, 11) is 0. The number of rotatable bonds is 7. The van der Waals surface area contributed by atoms with Gasteiger partial charge in [-0.2, -0.15) is 5.10 Å². The van der Waals surface area contributed by atoms with Gasteiger partial charge < -0.3 is 10.6 Å². The summed E-state index contributed by atoms with van der Waals surface area (Å²) in [5.74, 6) is -5.25. The van der Waals surface area contributed by atoms with Crippen molar-refractivity contribution in [3.8, 4) is 11.4 Å². The van der Waals surface area contributed by atoms with Crippen LogP contribution in [0, 0.1) is 29.1 Å². The van der Waals surface area contributed by atoms with Crippen LogP contribution in [-0.4, -0.2) is 33.1 Å². The fraction of sp³-hybridized carbons (Fsp3) is 0.200. The van der Waals surface area contributed by atoms with Crippen LogP contribution in [-0.2, 0) is 16.1 Å². The molecule has 1 heterocycles. The number of aromatic nitrogens is 3. The number of halogens is 3. The molecule has 0 unspecified atom stereocenters. The molecule has 2 amide bonds. The summed E-state index contributed by atoms with van der Waals surface area (Å²) < 4.78 is 41.8. The predicted octanol–water partition coefficient (Wildman–Crippen LogP) is 3.48. The highest BCUT2D eigenvalue weighted by Crippen LogP contribution is 2.20. The van der Waals surface area contributed by atoms with Gasteiger partial charge >= 0.3 is 0 Å². The minimum absolute atomic E-state index is 0.000523. The summed E-state index contributed by atoms with van der Waals surface area (Å²) in [6.45, 7) is 1.68. The molecular weight excluding hydrogens is 431 g/mol. The van der Waals surface area contributed by atoms with E-state index >= 15 is 0 Å². The topological polar surface area (TPSA) is 91.8 Å². The normalized spacial score (nSPS) is 10.7. The lowest BCUT2D eigenvalue weighted by Gasteiger charge is -2.10. The Kier molecular flexibility index (Phi) is 6.85. The van der Waals surface area contributed by atoms with Crippen molar-refractivity contribution < 1.29 is 22.8 Å². The number of hydrogen-bond donors (Lipinski definition) is 3. The minimum atomic E-state index is -1.69. The molecule has 31 heavy (non-hydrogen) atoms. The minimum Gasteiger partial charge on any atom is -0.347 e. The molecule has 0 spiro atoms. The summed E-state index contributed by atoms with van der Waals surface area (Å²) in [6, 6.07) is 9.21. The summed E-state index contributed by atoms with van der Waals surface area (Å²) in [6.07, 6.45) is -0.000523. The predicted molar refractivity (Wildman–Crippen MR) is 110 cm³/mol. The first-order valence-corrected chi connectivity index (χ1v) is 9.59. The molecule has 2 aromatic carbocycles. The van der Waals surface area contributed by atoms with Crippen LogP contribution in [0.2, 0.25) is 0 Å². The van der Waals surface area contributed by atoms with Gasteiger partial charge in [-0.1, -0.05) is 23.8 Å². The van der Waals surface area contributed by atoms with E-state index in [2.05, 4.69) is 20.8 Å². The summed E-state index contributed by atoms with van der Waals surface area (Å²) >= 11 is 5.22. The van der Waals surface area contributed by atoms with Gasteiger partial charge in [-0.3, -0.25) is 19.3 Å². The molecule has 1 aromatic heterocycles. The van der Waals surface area contributed by atoms with Crippen LogP contribution < -0.4 is 10.6 Å². The number of aromatic amines is 1. The third kappa shape index (κ3) is 5.37. The number of benzene rings is 2. The molecule has 0 radical (unpaired) electrons. The Morgan fingerprint density at radius 2 is 1.90 bits per heavy atom. The Hall–Kier alpha value is -3.47. The number of anilines is 1. The van der Waals surface area contributed by atoms with Crippen LogP contribution in [0.1, 0.15) is 12.0 Å². The first-order chi connectivity index (χ1) is 14.8. The van der Waals surface area contributed by atoms with E-state index < -0.39 is 41.5 Å². The highest BCUT2D eigenvalue weighted by atomic mass is 32.1. The molecule has 11 heteroatoms. The van der Waals surface area contributed by atoms with Gasteiger partial charge in [-0.25, -0.2) is 13.2 Å². The maximum atomic E-state index is 13.6. The van der Waals surface area contributed by atoms with Crippen molar-refractivity contribution in [3.05, 3.63) is 64.2 Å². The fourth-order valence-electron chi connectivity index (χ4n) is 2.83. The quantitative estimate of drug-likeness (QED) is 0.381. The van der Waals surface area contributed by atoms with Crippen molar-refractivity contribution >= 4 is 29.7 Å². The molecule has 0 fully saturated rings. The van der Waals surface area contributed by atoms with Crippen LogP contribution in [0.15, 0.2) is 36.4 Å². The molecule has 162 valence electrons. The number of nitrogens with zero attached hydrogens (tertiary/aromatic N) is 2. The van der Waals surface area contributed by atoms with E-state index in [9.17, 15) is 22.8 Å². The van der Waals surface area contributed by atoms with Gasteiger partial charge in [-0.05, 0) is 37.3 Å². The summed E-state index contributed by atoms with van der Waals surface area (Å²) in [5, 5.41) is 11.4. The third-order valence-electron chi connectivity index (χ3n) is 4.35. The van der Waals surface area contributed by atoms with Crippen LogP contribution in [0.25, 0.3) is 11.4 Å². The van der Waals surface area contributed by atoms with E-state index in [1.54, 1.807) is 4.57 Å². The molecule has 0 saturated carbocycles. The maximum absolute atomic E-state index is 13.6. The highest BCUT2D eigenvalue weighted by Gasteiger charge is 2.16. The van der Waals surface area contributed by atoms with Crippen LogP contribution in [0.3, 0.4) is 0 Å². The Balaban J connectivity index is 1.56. The van der Waals surface area contributed by atoms with Crippen LogP contribution >= 0.6 is 12.2 Å². The zero-order valence-electron chi connectivity index (χ0n) is 16.3. The van der Waals surface area contributed by atoms with Gasteiger partial charge in [0.1, 0.15) is 0 Å². The summed E-state index contributed by atoms with van der Waals surface area (Å²) in [5.41, 5.74) is 1.35. The highest BCUT2D eigenvalue weighted by molar-refractivity contribution is 7.71. The Labute approximate surface area is 180 Å². The summed E-state index contributed by atoms with van der Waals surface area (Å²) in [4.78, 5) is 24.0. The molecule has 0 aliphatic heterocycles. The molecule has 0 bridgehead atoms. The average Bonchev–Trinajstić information content (AvgIpc) is 3.11. The fourth-order valence-corrected chi connectivity index (χ4v) is 3.05. The van der Waals surface area contributed by atoms with E-state index in [0.29, 0.717) is 16.7 Å². The van der Waals surface area contributed by atoms with Crippen molar-refractivity contribution in [2.24, 2.45) is 0 Å². The molecule has 0 aliphatic rings. The van der Waals surface area contributed by atoms with E-state index in [4.69, 9.17) is 12.2 Å². The lowest BCUT2D eigenvalue weighted by atomic mass is 10.1. The number of amides is 2. The lowest BCUT2D eigenvalue weighted by molar-refractivity contribution is -0.124. The van der Waals surface area contributed by atoms with Gasteiger partial charge in [-0.15, -0.1) is 0 Å².